The number of para-hydroxylation sites is 4. The van der Waals surface area contributed by atoms with Crippen LogP contribution >= 0.6 is 0 Å². The van der Waals surface area contributed by atoms with Gasteiger partial charge >= 0.3 is 0 Å². The van der Waals surface area contributed by atoms with Crippen LogP contribution < -0.4 is 4.90 Å². The van der Waals surface area contributed by atoms with Crippen molar-refractivity contribution in [2.24, 2.45) is 0 Å². The summed E-state index contributed by atoms with van der Waals surface area (Å²) in [5.74, 6) is 0. The highest BCUT2D eigenvalue weighted by atomic mass is 16.3. The van der Waals surface area contributed by atoms with Crippen molar-refractivity contribution in [3.63, 3.8) is 0 Å². The van der Waals surface area contributed by atoms with E-state index in [1.165, 1.54) is 43.8 Å². The first-order chi connectivity index (χ1) is 28.8. The maximum atomic E-state index is 6.48. The molecule has 0 aliphatic rings. The minimum absolute atomic E-state index is 0.901. The first-order valence-corrected chi connectivity index (χ1v) is 19.8. The van der Waals surface area contributed by atoms with Gasteiger partial charge in [0.2, 0.25) is 0 Å². The molecule has 0 fully saturated rings. The molecule has 58 heavy (non-hydrogen) atoms. The van der Waals surface area contributed by atoms with Crippen LogP contribution in [0, 0.1) is 0 Å². The lowest BCUT2D eigenvalue weighted by molar-refractivity contribution is 0.670. The maximum Gasteiger partial charge on any atom is 0.143 e. The molecule has 0 spiro atoms. The van der Waals surface area contributed by atoms with E-state index >= 15 is 0 Å². The number of benzene rings is 10. The molecule has 10 aromatic carbocycles. The Balaban J connectivity index is 1.12. The molecule has 11 aromatic rings. The van der Waals surface area contributed by atoms with Crippen molar-refractivity contribution in [2.75, 3.05) is 4.90 Å². The first-order valence-electron chi connectivity index (χ1n) is 19.8. The Hall–Kier alpha value is -7.68. The normalized spacial score (nSPS) is 11.4. The minimum Gasteiger partial charge on any atom is -0.455 e. The molecule has 0 aliphatic carbocycles. The Labute approximate surface area is 337 Å². The van der Waals surface area contributed by atoms with Gasteiger partial charge in [-0.1, -0.05) is 188 Å². The van der Waals surface area contributed by atoms with Crippen LogP contribution in [0.3, 0.4) is 0 Å². The summed E-state index contributed by atoms with van der Waals surface area (Å²) in [5, 5.41) is 7.17. The van der Waals surface area contributed by atoms with E-state index in [4.69, 9.17) is 4.42 Å². The van der Waals surface area contributed by atoms with Gasteiger partial charge in [0.25, 0.3) is 0 Å². The zero-order chi connectivity index (χ0) is 38.4. The number of anilines is 3. The second-order valence-electron chi connectivity index (χ2n) is 14.8. The predicted octanol–water partition coefficient (Wildman–Crippen LogP) is 16.0. The van der Waals surface area contributed by atoms with E-state index in [1.54, 1.807) is 0 Å². The molecule has 0 radical (unpaired) electrons. The molecule has 272 valence electrons. The van der Waals surface area contributed by atoms with E-state index in [-0.39, 0.29) is 0 Å². The molecule has 0 saturated carbocycles. The van der Waals surface area contributed by atoms with Crippen molar-refractivity contribution in [1.29, 1.82) is 0 Å². The summed E-state index contributed by atoms with van der Waals surface area (Å²) >= 11 is 0. The van der Waals surface area contributed by atoms with Crippen LogP contribution in [0.2, 0.25) is 0 Å². The summed E-state index contributed by atoms with van der Waals surface area (Å²) < 4.78 is 6.48. The Morgan fingerprint density at radius 3 is 1.60 bits per heavy atom. The van der Waals surface area contributed by atoms with Crippen molar-refractivity contribution in [1.82, 2.24) is 0 Å². The quantitative estimate of drug-likeness (QED) is 0.162. The fourth-order valence-electron chi connectivity index (χ4n) is 8.75. The highest BCUT2D eigenvalue weighted by Gasteiger charge is 2.23. The highest BCUT2D eigenvalue weighted by Crippen LogP contribution is 2.48. The molecule has 1 aromatic heterocycles. The lowest BCUT2D eigenvalue weighted by Crippen LogP contribution is -2.12. The molecule has 2 nitrogen and oxygen atoms in total. The average Bonchev–Trinajstić information content (AvgIpc) is 3.69. The number of furan rings is 1. The van der Waals surface area contributed by atoms with Crippen molar-refractivity contribution < 1.29 is 4.42 Å². The van der Waals surface area contributed by atoms with Crippen molar-refractivity contribution in [2.45, 2.75) is 0 Å². The second-order valence-corrected chi connectivity index (χ2v) is 14.8. The zero-order valence-corrected chi connectivity index (χ0v) is 31.7. The van der Waals surface area contributed by atoms with E-state index in [9.17, 15) is 0 Å². The molecule has 0 saturated heterocycles. The van der Waals surface area contributed by atoms with Gasteiger partial charge in [-0.2, -0.15) is 0 Å². The Bertz CT molecular complexity index is 3290. The van der Waals surface area contributed by atoms with E-state index in [0.29, 0.717) is 0 Å². The Morgan fingerprint density at radius 1 is 0.293 bits per heavy atom. The topological polar surface area (TPSA) is 16.4 Å². The summed E-state index contributed by atoms with van der Waals surface area (Å²) in [6, 6.07) is 80.8. The summed E-state index contributed by atoms with van der Waals surface area (Å²) in [5.41, 5.74) is 14.3. The predicted molar refractivity (Wildman–Crippen MR) is 245 cm³/mol. The number of fused-ring (bicyclic) bond motifs is 5. The fourth-order valence-corrected chi connectivity index (χ4v) is 8.75. The fraction of sp³-hybridized carbons (Fsp3) is 0. The largest absolute Gasteiger partial charge is 0.455 e. The molecule has 0 N–H and O–H groups in total. The van der Waals surface area contributed by atoms with Gasteiger partial charge in [-0.3, -0.25) is 0 Å². The van der Waals surface area contributed by atoms with Crippen LogP contribution in [0.4, 0.5) is 17.1 Å². The zero-order valence-electron chi connectivity index (χ0n) is 31.7. The average molecular weight is 740 g/mol. The number of nitrogens with zero attached hydrogens (tertiary/aromatic N) is 1. The van der Waals surface area contributed by atoms with Crippen LogP contribution in [-0.4, -0.2) is 0 Å². The van der Waals surface area contributed by atoms with Gasteiger partial charge in [0.15, 0.2) is 0 Å². The van der Waals surface area contributed by atoms with Gasteiger partial charge in [-0.25, -0.2) is 0 Å². The van der Waals surface area contributed by atoms with E-state index < -0.39 is 0 Å². The van der Waals surface area contributed by atoms with Gasteiger partial charge in [0.1, 0.15) is 11.2 Å². The van der Waals surface area contributed by atoms with Crippen molar-refractivity contribution in [3.05, 3.63) is 224 Å². The van der Waals surface area contributed by atoms with Crippen LogP contribution in [0.5, 0.6) is 0 Å². The van der Waals surface area contributed by atoms with E-state index in [2.05, 4.69) is 217 Å². The van der Waals surface area contributed by atoms with Crippen molar-refractivity contribution >= 4 is 60.5 Å². The molecule has 0 bridgehead atoms. The second kappa shape index (κ2) is 14.1. The van der Waals surface area contributed by atoms with Crippen LogP contribution in [-0.2, 0) is 0 Å². The molecule has 0 atom stereocenters. The molecule has 0 unspecified atom stereocenters. The lowest BCUT2D eigenvalue weighted by Gasteiger charge is -2.30. The molecular weight excluding hydrogens is 703 g/mol. The van der Waals surface area contributed by atoms with E-state index in [1.807, 2.05) is 12.1 Å². The first kappa shape index (κ1) is 33.6. The van der Waals surface area contributed by atoms with Crippen molar-refractivity contribution in [3.8, 4) is 44.5 Å². The van der Waals surface area contributed by atoms with Gasteiger partial charge < -0.3 is 9.32 Å². The highest BCUT2D eigenvalue weighted by molar-refractivity contribution is 6.10. The van der Waals surface area contributed by atoms with E-state index in [0.717, 1.165) is 61.3 Å². The lowest BCUT2D eigenvalue weighted by atomic mass is 9.91. The van der Waals surface area contributed by atoms with Crippen LogP contribution in [0.1, 0.15) is 0 Å². The number of hydrogen-bond donors (Lipinski definition) is 0. The third-order valence-electron chi connectivity index (χ3n) is 11.5. The molecule has 2 heteroatoms. The third-order valence-corrected chi connectivity index (χ3v) is 11.5. The van der Waals surface area contributed by atoms with Gasteiger partial charge in [0, 0.05) is 33.2 Å². The Morgan fingerprint density at radius 2 is 0.810 bits per heavy atom. The summed E-state index contributed by atoms with van der Waals surface area (Å²) in [6.45, 7) is 0. The third kappa shape index (κ3) is 5.74. The van der Waals surface area contributed by atoms with Gasteiger partial charge in [0.05, 0.1) is 11.4 Å². The summed E-state index contributed by atoms with van der Waals surface area (Å²) in [6.07, 6.45) is 0. The monoisotopic (exact) mass is 739 g/mol. The van der Waals surface area contributed by atoms with Gasteiger partial charge in [-0.05, 0) is 85.8 Å². The molecule has 11 rings (SSSR count). The standard InChI is InChI=1S/C56H37NO/c1-2-17-41-37-42(32-31-38(41)15-1)45-20-5-6-21-47(45)49-22-7-10-28-53(49)57(54-29-11-8-23-50(54)48-26-13-18-39-16-3-4-19-44(39)48)43-35-33-40(34-36-43)46-25-14-27-52-51-24-9-12-30-55(51)58-56(46)52/h1-37H. The molecular formula is C56H37NO. The van der Waals surface area contributed by atoms with Crippen LogP contribution in [0.15, 0.2) is 229 Å². The van der Waals surface area contributed by atoms with Gasteiger partial charge in [-0.15, -0.1) is 0 Å². The summed E-state index contributed by atoms with van der Waals surface area (Å²) in [4.78, 5) is 2.44. The number of hydrogen-bond acceptors (Lipinski definition) is 2. The molecule has 1 heterocycles. The van der Waals surface area contributed by atoms with Crippen LogP contribution in [0.25, 0.3) is 88.0 Å². The Kier molecular flexibility index (Phi) is 8.19. The number of rotatable bonds is 7. The molecule has 0 amide bonds. The summed E-state index contributed by atoms with van der Waals surface area (Å²) in [7, 11) is 0. The molecule has 0 aliphatic heterocycles. The minimum atomic E-state index is 0.901. The smallest absolute Gasteiger partial charge is 0.143 e. The SMILES string of the molecule is c1ccc(-c2ccccc2N(c2ccc(-c3cccc4c3oc3ccccc34)cc2)c2ccccc2-c2cccc3ccccc23)c(-c2ccc3ccccc3c2)c1. The maximum absolute atomic E-state index is 6.48.